The van der Waals surface area contributed by atoms with Crippen molar-refractivity contribution in [2.24, 2.45) is 0 Å². The van der Waals surface area contributed by atoms with Crippen molar-refractivity contribution in [3.05, 3.63) is 60.2 Å². The average Bonchev–Trinajstić information content (AvgIpc) is 2.85. The third-order valence-corrected chi connectivity index (χ3v) is 5.51. The second-order valence-corrected chi connectivity index (χ2v) is 8.58. The van der Waals surface area contributed by atoms with Gasteiger partial charge in [0.25, 0.3) is 0 Å². The number of nitrogens with one attached hydrogen (secondary N) is 2. The van der Waals surface area contributed by atoms with Gasteiger partial charge in [-0.1, -0.05) is 12.1 Å². The summed E-state index contributed by atoms with van der Waals surface area (Å²) in [5.41, 5.74) is 1.80. The highest BCUT2D eigenvalue weighted by Gasteiger charge is 2.23. The summed E-state index contributed by atoms with van der Waals surface area (Å²) < 4.78 is 0. The summed E-state index contributed by atoms with van der Waals surface area (Å²) in [6.07, 6.45) is 3.91. The lowest BCUT2D eigenvalue weighted by Crippen LogP contribution is -2.49. The molecule has 2 aromatic rings. The second-order valence-electron chi connectivity index (χ2n) is 8.58. The summed E-state index contributed by atoms with van der Waals surface area (Å²) in [6, 6.07) is 8.42. The van der Waals surface area contributed by atoms with Crippen LogP contribution in [0.4, 0.5) is 4.79 Å². The number of unbranched alkanes of at least 4 members (excludes halogenated alkanes) is 1. The fourth-order valence-corrected chi connectivity index (χ4v) is 3.72. The molecule has 200 valence electrons. The molecule has 0 aliphatic carbocycles. The highest BCUT2D eigenvalue weighted by Crippen LogP contribution is 2.11. The third kappa shape index (κ3) is 12.5. The van der Waals surface area contributed by atoms with Crippen LogP contribution < -0.4 is 10.6 Å². The molecule has 2 heterocycles. The number of urea groups is 1. The fourth-order valence-electron chi connectivity index (χ4n) is 3.72. The van der Waals surface area contributed by atoms with Crippen molar-refractivity contribution >= 4 is 23.9 Å². The number of aromatic nitrogens is 2. The van der Waals surface area contributed by atoms with E-state index in [2.05, 4.69) is 25.5 Å². The Balaban J connectivity index is 1.88. The molecule has 0 saturated heterocycles. The van der Waals surface area contributed by atoms with E-state index >= 15 is 0 Å². The van der Waals surface area contributed by atoms with Gasteiger partial charge >= 0.3 is 23.9 Å². The topological polar surface area (TPSA) is 182 Å². The minimum atomic E-state index is -1.21. The minimum Gasteiger partial charge on any atom is -0.481 e. The number of aliphatic carboxylic acids is 3. The standard InChI is InChI=1S/C25H33N5O7/c31-22(32)11-10-18(15-23(33)34)28-25(37)29-21(24(35)36)9-3-6-14-30(16-19-7-1-4-12-26-19)17-20-8-2-5-13-27-20/h1-2,4-5,7-8,12-13,18,21H,3,6,9-11,14-17H2,(H,31,32)(H,33,34)(H,35,36)(H2,28,29,37). The van der Waals surface area contributed by atoms with Crippen molar-refractivity contribution in [2.45, 2.75) is 63.7 Å². The molecule has 0 aromatic carbocycles. The van der Waals surface area contributed by atoms with E-state index in [0.717, 1.165) is 11.4 Å². The first-order valence-corrected chi connectivity index (χ1v) is 12.0. The molecule has 0 radical (unpaired) electrons. The Bertz CT molecular complexity index is 966. The first-order chi connectivity index (χ1) is 17.7. The molecule has 0 saturated carbocycles. The Morgan fingerprint density at radius 1 is 0.811 bits per heavy atom. The second kappa shape index (κ2) is 15.8. The van der Waals surface area contributed by atoms with Gasteiger partial charge in [-0.25, -0.2) is 9.59 Å². The Morgan fingerprint density at radius 3 is 1.92 bits per heavy atom. The van der Waals surface area contributed by atoms with Gasteiger partial charge in [-0.15, -0.1) is 0 Å². The Hall–Kier alpha value is -4.06. The highest BCUT2D eigenvalue weighted by molar-refractivity contribution is 5.83. The maximum Gasteiger partial charge on any atom is 0.326 e. The van der Waals surface area contributed by atoms with E-state index < -0.39 is 42.4 Å². The van der Waals surface area contributed by atoms with E-state index in [1.807, 2.05) is 36.4 Å². The molecule has 2 amide bonds. The molecule has 0 aliphatic rings. The average molecular weight is 516 g/mol. The van der Waals surface area contributed by atoms with Crippen molar-refractivity contribution in [1.29, 1.82) is 0 Å². The molecule has 2 atom stereocenters. The largest absolute Gasteiger partial charge is 0.481 e. The number of carbonyl (C=O) groups excluding carboxylic acids is 1. The van der Waals surface area contributed by atoms with Crippen LogP contribution >= 0.6 is 0 Å². The normalized spacial score (nSPS) is 12.5. The number of carbonyl (C=O) groups is 4. The summed E-state index contributed by atoms with van der Waals surface area (Å²) in [7, 11) is 0. The quantitative estimate of drug-likeness (QED) is 0.196. The van der Waals surface area contributed by atoms with Gasteiger partial charge < -0.3 is 26.0 Å². The fraction of sp³-hybridized carbons (Fsp3) is 0.440. The number of carboxylic acids is 3. The number of hydrogen-bond donors (Lipinski definition) is 5. The summed E-state index contributed by atoms with van der Waals surface area (Å²) in [5, 5.41) is 32.1. The van der Waals surface area contributed by atoms with E-state index in [1.54, 1.807) is 12.4 Å². The molecule has 37 heavy (non-hydrogen) atoms. The van der Waals surface area contributed by atoms with Crippen LogP contribution in [0.25, 0.3) is 0 Å². The predicted molar refractivity (Wildman–Crippen MR) is 132 cm³/mol. The molecular formula is C25H33N5O7. The maximum atomic E-state index is 12.3. The third-order valence-electron chi connectivity index (χ3n) is 5.51. The molecule has 12 heteroatoms. The number of pyridine rings is 2. The zero-order valence-electron chi connectivity index (χ0n) is 20.5. The molecule has 2 rings (SSSR count). The summed E-state index contributed by atoms with van der Waals surface area (Å²) >= 11 is 0. The molecule has 5 N–H and O–H groups in total. The van der Waals surface area contributed by atoms with Gasteiger partial charge in [0.1, 0.15) is 6.04 Å². The van der Waals surface area contributed by atoms with Gasteiger partial charge in [0.05, 0.1) is 17.8 Å². The molecule has 0 bridgehead atoms. The van der Waals surface area contributed by atoms with Crippen LogP contribution in [-0.4, -0.2) is 72.8 Å². The molecule has 0 fully saturated rings. The first-order valence-electron chi connectivity index (χ1n) is 12.0. The van der Waals surface area contributed by atoms with Crippen molar-refractivity contribution in [3.8, 4) is 0 Å². The smallest absolute Gasteiger partial charge is 0.326 e. The SMILES string of the molecule is O=C(O)CCC(CC(=O)O)NC(=O)NC(CCCCN(Cc1ccccn1)Cc1ccccn1)C(=O)O. The lowest BCUT2D eigenvalue weighted by molar-refractivity contribution is -0.140. The Morgan fingerprint density at radius 2 is 1.43 bits per heavy atom. The number of carboxylic acid groups (broad SMARTS) is 3. The van der Waals surface area contributed by atoms with Gasteiger partial charge in [-0.2, -0.15) is 0 Å². The monoisotopic (exact) mass is 515 g/mol. The molecule has 0 spiro atoms. The highest BCUT2D eigenvalue weighted by atomic mass is 16.4. The molecule has 0 aliphatic heterocycles. The van der Waals surface area contributed by atoms with Crippen LogP contribution in [0.2, 0.25) is 0 Å². The van der Waals surface area contributed by atoms with Gasteiger partial charge in [0, 0.05) is 37.9 Å². The predicted octanol–water partition coefficient (Wildman–Crippen LogP) is 2.11. The number of nitrogens with zero attached hydrogens (tertiary/aromatic N) is 3. The van der Waals surface area contributed by atoms with Crippen molar-refractivity contribution in [3.63, 3.8) is 0 Å². The lowest BCUT2D eigenvalue weighted by Gasteiger charge is -2.22. The molecule has 2 unspecified atom stereocenters. The van der Waals surface area contributed by atoms with Gasteiger partial charge in [-0.3, -0.25) is 24.5 Å². The van der Waals surface area contributed by atoms with E-state index in [9.17, 15) is 24.3 Å². The van der Waals surface area contributed by atoms with Crippen LogP contribution in [0, 0.1) is 0 Å². The Labute approximate surface area is 214 Å². The number of amides is 2. The van der Waals surface area contributed by atoms with Crippen LogP contribution in [0.1, 0.15) is 49.9 Å². The van der Waals surface area contributed by atoms with Crippen LogP contribution in [0.15, 0.2) is 48.8 Å². The summed E-state index contributed by atoms with van der Waals surface area (Å²) in [6.45, 7) is 1.85. The number of rotatable bonds is 17. The van der Waals surface area contributed by atoms with Crippen molar-refractivity contribution < 1.29 is 34.5 Å². The van der Waals surface area contributed by atoms with Crippen LogP contribution in [0.5, 0.6) is 0 Å². The van der Waals surface area contributed by atoms with E-state index in [0.29, 0.717) is 32.5 Å². The molecule has 2 aromatic heterocycles. The van der Waals surface area contributed by atoms with Gasteiger partial charge in [0.2, 0.25) is 0 Å². The van der Waals surface area contributed by atoms with Crippen LogP contribution in [-0.2, 0) is 27.5 Å². The summed E-state index contributed by atoms with van der Waals surface area (Å²) in [4.78, 5) is 56.7. The molecule has 12 nitrogen and oxygen atoms in total. The van der Waals surface area contributed by atoms with Gasteiger partial charge in [0.15, 0.2) is 0 Å². The number of hydrogen-bond acceptors (Lipinski definition) is 7. The van der Waals surface area contributed by atoms with E-state index in [4.69, 9.17) is 10.2 Å². The maximum absolute atomic E-state index is 12.3. The first kappa shape index (κ1) is 29.2. The zero-order valence-corrected chi connectivity index (χ0v) is 20.5. The zero-order chi connectivity index (χ0) is 27.0. The van der Waals surface area contributed by atoms with Crippen molar-refractivity contribution in [1.82, 2.24) is 25.5 Å². The Kier molecular flexibility index (Phi) is 12.5. The van der Waals surface area contributed by atoms with Gasteiger partial charge in [-0.05, 0) is 56.5 Å². The van der Waals surface area contributed by atoms with Crippen LogP contribution in [0.3, 0.4) is 0 Å². The van der Waals surface area contributed by atoms with Crippen molar-refractivity contribution in [2.75, 3.05) is 6.54 Å². The van der Waals surface area contributed by atoms with E-state index in [1.165, 1.54) is 0 Å². The summed E-state index contributed by atoms with van der Waals surface area (Å²) in [5.74, 6) is -3.54. The minimum absolute atomic E-state index is 0.0881. The van der Waals surface area contributed by atoms with E-state index in [-0.39, 0.29) is 19.3 Å². The molecular weight excluding hydrogens is 482 g/mol. The lowest BCUT2D eigenvalue weighted by atomic mass is 10.1.